The molecule has 1 heteroatoms. The molecule has 1 nitrogen and oxygen atoms in total. The zero-order valence-electron chi connectivity index (χ0n) is 27.1. The highest BCUT2D eigenvalue weighted by molar-refractivity contribution is 5.79. The zero-order valence-corrected chi connectivity index (χ0v) is 18.1. The van der Waals surface area contributed by atoms with Gasteiger partial charge in [-0.15, -0.1) is 0 Å². The van der Waals surface area contributed by atoms with Gasteiger partial charge in [0.2, 0.25) is 0 Å². The van der Waals surface area contributed by atoms with Crippen molar-refractivity contribution < 1.29 is 12.3 Å². The van der Waals surface area contributed by atoms with Gasteiger partial charge in [-0.05, 0) is 70.8 Å². The Labute approximate surface area is 189 Å². The molecule has 1 aromatic heterocycles. The molecule has 0 saturated heterocycles. The van der Waals surface area contributed by atoms with Crippen molar-refractivity contribution in [1.82, 2.24) is 4.98 Å². The molecule has 0 saturated carbocycles. The number of nitrogens with zero attached hydrogens (tertiary/aromatic N) is 1. The van der Waals surface area contributed by atoms with Gasteiger partial charge in [0.25, 0.3) is 0 Å². The van der Waals surface area contributed by atoms with Gasteiger partial charge in [0.05, 0.1) is 5.69 Å². The highest BCUT2D eigenvalue weighted by Gasteiger charge is 2.20. The van der Waals surface area contributed by atoms with Crippen molar-refractivity contribution in [3.05, 3.63) is 76.5 Å². The summed E-state index contributed by atoms with van der Waals surface area (Å²) in [5, 5.41) is 0. The number of aryl methyl sites for hydroxylation is 2. The van der Waals surface area contributed by atoms with E-state index < -0.39 is 31.4 Å². The molecule has 0 radical (unpaired) electrons. The van der Waals surface area contributed by atoms with Gasteiger partial charge >= 0.3 is 0 Å². The van der Waals surface area contributed by atoms with Gasteiger partial charge in [-0.1, -0.05) is 83.5 Å². The van der Waals surface area contributed by atoms with Gasteiger partial charge in [-0.2, -0.15) is 0 Å². The largest absolute Gasteiger partial charge is 0.256 e. The van der Waals surface area contributed by atoms with E-state index in [-0.39, 0.29) is 11.1 Å². The summed E-state index contributed by atoms with van der Waals surface area (Å²) in [6, 6.07) is 11.5. The molecule has 0 aliphatic rings. The number of pyridine rings is 1. The normalized spacial score (nSPS) is 18.2. The molecule has 0 bridgehead atoms. The summed E-state index contributed by atoms with van der Waals surface area (Å²) >= 11 is 0. The van der Waals surface area contributed by atoms with Crippen LogP contribution in [-0.4, -0.2) is 4.98 Å². The highest BCUT2D eigenvalue weighted by atomic mass is 14.7. The summed E-state index contributed by atoms with van der Waals surface area (Å²) < 4.78 is 74.1. The molecule has 0 atom stereocenters. The third-order valence-corrected chi connectivity index (χ3v) is 5.15. The monoisotopic (exact) mass is 394 g/mol. The Morgan fingerprint density at radius 3 is 1.90 bits per heavy atom. The fourth-order valence-electron chi connectivity index (χ4n) is 3.47. The minimum atomic E-state index is -2.52. The molecule has 0 aliphatic heterocycles. The summed E-state index contributed by atoms with van der Waals surface area (Å²) in [6.07, 6.45) is 1.30. The summed E-state index contributed by atoms with van der Waals surface area (Å²) in [7, 11) is 0. The van der Waals surface area contributed by atoms with E-state index in [9.17, 15) is 0 Å². The van der Waals surface area contributed by atoms with E-state index in [0.717, 1.165) is 0 Å². The van der Waals surface area contributed by atoms with Crippen LogP contribution in [0.1, 0.15) is 99.4 Å². The number of aromatic nitrogens is 1. The van der Waals surface area contributed by atoms with Crippen molar-refractivity contribution in [3.8, 4) is 22.4 Å². The van der Waals surface area contributed by atoms with Gasteiger partial charge in [-0.3, -0.25) is 4.98 Å². The standard InChI is InChI=1S/C28H35N/c1-17(2)23-13-24(18(3)4)28(25(14-23)19(5)6)26-15-27(29-16-21(26)8)22-11-9-20(7)10-12-22/h9-19H,1-8H3/i7D3,8D3,17D,18D,19D. The first-order valence-corrected chi connectivity index (χ1v) is 9.82. The van der Waals surface area contributed by atoms with Crippen LogP contribution in [0.3, 0.4) is 0 Å². The lowest BCUT2D eigenvalue weighted by Gasteiger charge is -2.24. The Balaban J connectivity index is 2.46. The molecule has 0 amide bonds. The fourth-order valence-corrected chi connectivity index (χ4v) is 3.47. The number of hydrogen-bond donors (Lipinski definition) is 0. The SMILES string of the molecule is [2H]C([2H])([2H])c1ccc(-c2cc(-c3c(C([2H])(C)C)cc(C([2H])(C)C)cc3C([2H])(C)C)c(C([2H])([2H])[2H])cn2)cc1. The summed E-state index contributed by atoms with van der Waals surface area (Å²) in [5.74, 6) is -3.35. The van der Waals surface area contributed by atoms with Gasteiger partial charge in [0.1, 0.15) is 0 Å². The number of rotatable bonds is 5. The van der Waals surface area contributed by atoms with Crippen LogP contribution in [0.25, 0.3) is 22.4 Å². The molecular weight excluding hydrogens is 350 g/mol. The van der Waals surface area contributed by atoms with Crippen molar-refractivity contribution in [3.63, 3.8) is 0 Å². The van der Waals surface area contributed by atoms with Crippen LogP contribution < -0.4 is 0 Å². The second kappa shape index (κ2) is 8.53. The maximum atomic E-state index is 8.96. The predicted molar refractivity (Wildman–Crippen MR) is 127 cm³/mol. The molecule has 0 unspecified atom stereocenters. The van der Waals surface area contributed by atoms with Crippen LogP contribution in [0.4, 0.5) is 0 Å². The lowest BCUT2D eigenvalue weighted by Crippen LogP contribution is -2.05. The average Bonchev–Trinajstić information content (AvgIpc) is 2.75. The van der Waals surface area contributed by atoms with E-state index in [1.807, 2.05) is 0 Å². The van der Waals surface area contributed by atoms with Gasteiger partial charge in [0.15, 0.2) is 0 Å². The first-order valence-electron chi connectivity index (χ1n) is 14.3. The molecule has 0 fully saturated rings. The average molecular weight is 395 g/mol. The lowest BCUT2D eigenvalue weighted by atomic mass is 9.81. The van der Waals surface area contributed by atoms with Crippen LogP contribution in [0.15, 0.2) is 48.7 Å². The minimum absolute atomic E-state index is 0.00533. The third-order valence-electron chi connectivity index (χ3n) is 5.15. The zero-order chi connectivity index (χ0) is 29.1. The van der Waals surface area contributed by atoms with E-state index in [1.54, 1.807) is 71.9 Å². The maximum Gasteiger partial charge on any atom is 0.0708 e. The van der Waals surface area contributed by atoms with Crippen molar-refractivity contribution in [2.45, 2.75) is 72.9 Å². The maximum absolute atomic E-state index is 8.96. The minimum Gasteiger partial charge on any atom is -0.256 e. The predicted octanol–water partition coefficient (Wildman–Crippen LogP) is 8.40. The van der Waals surface area contributed by atoms with E-state index in [0.29, 0.717) is 39.1 Å². The van der Waals surface area contributed by atoms with E-state index >= 15 is 0 Å². The third kappa shape index (κ3) is 4.45. The van der Waals surface area contributed by atoms with Crippen molar-refractivity contribution >= 4 is 0 Å². The quantitative estimate of drug-likeness (QED) is 0.423. The Morgan fingerprint density at radius 1 is 0.793 bits per heavy atom. The Kier molecular flexibility index (Phi) is 3.62. The van der Waals surface area contributed by atoms with Crippen molar-refractivity contribution in [2.75, 3.05) is 0 Å². The Hall–Kier alpha value is -2.41. The Morgan fingerprint density at radius 2 is 1.41 bits per heavy atom. The summed E-state index contributed by atoms with van der Waals surface area (Å²) in [5.41, 5.74) is 3.73. The van der Waals surface area contributed by atoms with E-state index in [2.05, 4.69) is 4.98 Å². The molecule has 3 rings (SSSR count). The van der Waals surface area contributed by atoms with Crippen molar-refractivity contribution in [2.24, 2.45) is 0 Å². The smallest absolute Gasteiger partial charge is 0.0708 e. The van der Waals surface area contributed by atoms with Gasteiger partial charge in [0, 0.05) is 24.1 Å². The lowest BCUT2D eigenvalue weighted by molar-refractivity contribution is 0.807. The van der Waals surface area contributed by atoms with Crippen LogP contribution in [0.5, 0.6) is 0 Å². The van der Waals surface area contributed by atoms with Crippen LogP contribution in [0, 0.1) is 13.7 Å². The molecule has 0 N–H and O–H groups in total. The van der Waals surface area contributed by atoms with Crippen molar-refractivity contribution in [1.29, 1.82) is 0 Å². The molecule has 0 spiro atoms. The van der Waals surface area contributed by atoms with Crippen LogP contribution in [-0.2, 0) is 0 Å². The second-order valence-electron chi connectivity index (χ2n) is 8.14. The van der Waals surface area contributed by atoms with E-state index in [1.165, 1.54) is 18.3 Å². The second-order valence-corrected chi connectivity index (χ2v) is 8.14. The molecule has 2 aromatic carbocycles. The molecule has 152 valence electrons. The number of benzene rings is 2. The number of hydrogen-bond acceptors (Lipinski definition) is 1. The molecule has 0 aliphatic carbocycles. The molecule has 29 heavy (non-hydrogen) atoms. The van der Waals surface area contributed by atoms with Gasteiger partial charge < -0.3 is 0 Å². The first-order chi connectivity index (χ1) is 17.0. The fraction of sp³-hybridized carbons (Fsp3) is 0.393. The van der Waals surface area contributed by atoms with Crippen LogP contribution in [0.2, 0.25) is 0 Å². The van der Waals surface area contributed by atoms with Crippen LogP contribution >= 0.6 is 0 Å². The molecule has 3 aromatic rings. The molecular formula is C28H35N. The highest BCUT2D eigenvalue weighted by Crippen LogP contribution is 2.40. The van der Waals surface area contributed by atoms with Gasteiger partial charge in [-0.25, -0.2) is 0 Å². The summed E-state index contributed by atoms with van der Waals surface area (Å²) in [4.78, 5) is 4.41. The van der Waals surface area contributed by atoms with E-state index in [4.69, 9.17) is 12.3 Å². The Bertz CT molecular complexity index is 1280. The topological polar surface area (TPSA) is 12.9 Å². The first kappa shape index (κ1) is 12.3. The molecule has 1 heterocycles. The summed E-state index contributed by atoms with van der Waals surface area (Å²) in [6.45, 7) is 5.53.